The van der Waals surface area contributed by atoms with Gasteiger partial charge in [0.1, 0.15) is 11.6 Å². The van der Waals surface area contributed by atoms with Gasteiger partial charge in [-0.2, -0.15) is 0 Å². The predicted octanol–water partition coefficient (Wildman–Crippen LogP) is 7.61. The summed E-state index contributed by atoms with van der Waals surface area (Å²) in [5.74, 6) is -1.24. The van der Waals surface area contributed by atoms with E-state index in [9.17, 15) is 18.3 Å². The quantitative estimate of drug-likeness (QED) is 0.363. The Balaban J connectivity index is 1.48. The van der Waals surface area contributed by atoms with E-state index < -0.39 is 11.6 Å². The maximum atomic E-state index is 15.0. The van der Waals surface area contributed by atoms with Gasteiger partial charge >= 0.3 is 0 Å². The Hall–Kier alpha value is -3.05. The molecule has 34 heavy (non-hydrogen) atoms. The Morgan fingerprint density at radius 1 is 0.882 bits per heavy atom. The summed E-state index contributed by atoms with van der Waals surface area (Å²) in [6, 6.07) is 15.1. The molecule has 0 amide bonds. The van der Waals surface area contributed by atoms with Crippen molar-refractivity contribution >= 4 is 12.2 Å². The lowest BCUT2D eigenvalue weighted by Gasteiger charge is -2.28. The van der Waals surface area contributed by atoms with Gasteiger partial charge in [0.25, 0.3) is 0 Å². The molecule has 0 aliphatic heterocycles. The second-order valence-corrected chi connectivity index (χ2v) is 8.80. The van der Waals surface area contributed by atoms with Gasteiger partial charge in [0.05, 0.1) is 6.61 Å². The average Bonchev–Trinajstić information content (AvgIpc) is 2.86. The molecule has 178 valence electrons. The van der Waals surface area contributed by atoms with Crippen LogP contribution in [-0.4, -0.2) is 18.3 Å². The highest BCUT2D eigenvalue weighted by molar-refractivity contribution is 5.73. The highest BCUT2D eigenvalue weighted by Gasteiger charge is 2.26. The maximum Gasteiger partial charge on any atom is 0.166 e. The lowest BCUT2D eigenvalue weighted by atomic mass is 9.78. The number of ether oxygens (including phenoxy) is 1. The molecule has 5 heteroatoms. The highest BCUT2D eigenvalue weighted by Crippen LogP contribution is 2.38. The molecule has 0 unspecified atom stereocenters. The summed E-state index contributed by atoms with van der Waals surface area (Å²) in [4.78, 5) is 0. The van der Waals surface area contributed by atoms with E-state index in [1.54, 1.807) is 60.7 Å². The van der Waals surface area contributed by atoms with Crippen molar-refractivity contribution in [2.45, 2.75) is 38.5 Å². The minimum atomic E-state index is -0.832. The molecule has 0 bridgehead atoms. The fourth-order valence-corrected chi connectivity index (χ4v) is 4.62. The van der Waals surface area contributed by atoms with Crippen LogP contribution in [0.3, 0.4) is 0 Å². The van der Waals surface area contributed by atoms with Crippen LogP contribution in [0.15, 0.2) is 54.6 Å². The van der Waals surface area contributed by atoms with E-state index in [-0.39, 0.29) is 29.8 Å². The van der Waals surface area contributed by atoms with Gasteiger partial charge in [-0.05, 0) is 73.3 Å². The van der Waals surface area contributed by atoms with Gasteiger partial charge in [-0.1, -0.05) is 48.6 Å². The fraction of sp³-hybridized carbons (Fsp3) is 0.310. The van der Waals surface area contributed by atoms with Crippen LogP contribution in [0.5, 0.6) is 5.75 Å². The standard InChI is InChI=1S/C29H29F3O2/c1-2-34-24-14-13-23(27(30)17-24)12-5-19-3-8-21(9-4-19)25-15-16-26(29(32)28(25)31)22-10-6-20(18-33)7-11-22/h3-5,8-9,12-17,20,22,33H,2,6-7,10-11,18H2,1H3/b12-5+. The SMILES string of the molecule is CCOc1ccc(/C=C/c2ccc(-c3ccc(C4CCC(CO)CC4)c(F)c3F)cc2)c(F)c1. The molecule has 1 saturated carbocycles. The third-order valence-corrected chi connectivity index (χ3v) is 6.62. The normalized spacial score (nSPS) is 18.4. The molecule has 1 aliphatic rings. The molecule has 0 heterocycles. The summed E-state index contributed by atoms with van der Waals surface area (Å²) in [7, 11) is 0. The molecule has 3 aromatic carbocycles. The van der Waals surface area contributed by atoms with Crippen molar-refractivity contribution in [3.8, 4) is 16.9 Å². The largest absolute Gasteiger partial charge is 0.494 e. The van der Waals surface area contributed by atoms with Crippen LogP contribution in [0.25, 0.3) is 23.3 Å². The molecule has 1 fully saturated rings. The van der Waals surface area contributed by atoms with Crippen LogP contribution >= 0.6 is 0 Å². The molecule has 0 atom stereocenters. The van der Waals surface area contributed by atoms with Gasteiger partial charge in [0, 0.05) is 23.8 Å². The number of benzene rings is 3. The number of aliphatic hydroxyl groups is 1. The minimum absolute atomic E-state index is 0.0122. The first-order valence-corrected chi connectivity index (χ1v) is 11.8. The van der Waals surface area contributed by atoms with Crippen molar-refractivity contribution in [1.82, 2.24) is 0 Å². The first-order chi connectivity index (χ1) is 16.5. The number of rotatable bonds is 7. The lowest BCUT2D eigenvalue weighted by Crippen LogP contribution is -2.17. The zero-order chi connectivity index (χ0) is 24.1. The summed E-state index contributed by atoms with van der Waals surface area (Å²) in [6.45, 7) is 2.47. The van der Waals surface area contributed by atoms with E-state index in [1.807, 2.05) is 6.92 Å². The van der Waals surface area contributed by atoms with Gasteiger partial charge in [-0.25, -0.2) is 13.2 Å². The Labute approximate surface area is 198 Å². The Morgan fingerprint density at radius 3 is 2.26 bits per heavy atom. The molecular weight excluding hydrogens is 437 g/mol. The van der Waals surface area contributed by atoms with Crippen LogP contribution in [0.1, 0.15) is 55.2 Å². The van der Waals surface area contributed by atoms with Crippen molar-refractivity contribution in [2.24, 2.45) is 5.92 Å². The van der Waals surface area contributed by atoms with E-state index in [1.165, 1.54) is 6.07 Å². The Kier molecular flexibility index (Phi) is 7.73. The minimum Gasteiger partial charge on any atom is -0.494 e. The van der Waals surface area contributed by atoms with Crippen molar-refractivity contribution in [2.75, 3.05) is 13.2 Å². The van der Waals surface area contributed by atoms with Crippen molar-refractivity contribution in [1.29, 1.82) is 0 Å². The third kappa shape index (κ3) is 5.36. The first-order valence-electron chi connectivity index (χ1n) is 11.8. The van der Waals surface area contributed by atoms with Gasteiger partial charge in [0.15, 0.2) is 11.6 Å². The second-order valence-electron chi connectivity index (χ2n) is 8.80. The van der Waals surface area contributed by atoms with Crippen LogP contribution in [0.4, 0.5) is 13.2 Å². The zero-order valence-electron chi connectivity index (χ0n) is 19.2. The van der Waals surface area contributed by atoms with Gasteiger partial charge in [0.2, 0.25) is 0 Å². The van der Waals surface area contributed by atoms with E-state index >= 15 is 0 Å². The highest BCUT2D eigenvalue weighted by atomic mass is 19.2. The van der Waals surface area contributed by atoms with Crippen molar-refractivity contribution < 1.29 is 23.0 Å². The van der Waals surface area contributed by atoms with Crippen molar-refractivity contribution in [3.63, 3.8) is 0 Å². The molecule has 2 nitrogen and oxygen atoms in total. The Bertz CT molecular complexity index is 1150. The van der Waals surface area contributed by atoms with E-state index in [0.717, 1.165) is 31.2 Å². The topological polar surface area (TPSA) is 29.5 Å². The molecular formula is C29H29F3O2. The van der Waals surface area contributed by atoms with Crippen molar-refractivity contribution in [3.05, 3.63) is 88.7 Å². The monoisotopic (exact) mass is 466 g/mol. The summed E-state index contributed by atoms with van der Waals surface area (Å²) in [6.07, 6.45) is 6.62. The smallest absolute Gasteiger partial charge is 0.166 e. The number of hydrogen-bond acceptors (Lipinski definition) is 2. The summed E-state index contributed by atoms with van der Waals surface area (Å²) >= 11 is 0. The molecule has 3 aromatic rings. The van der Waals surface area contributed by atoms with Crippen LogP contribution in [-0.2, 0) is 0 Å². The van der Waals surface area contributed by atoms with Gasteiger partial charge < -0.3 is 9.84 Å². The van der Waals surface area contributed by atoms with Crippen LogP contribution < -0.4 is 4.74 Å². The third-order valence-electron chi connectivity index (χ3n) is 6.62. The molecule has 1 aliphatic carbocycles. The van der Waals surface area contributed by atoms with Crippen LogP contribution in [0, 0.1) is 23.4 Å². The summed E-state index contributed by atoms with van der Waals surface area (Å²) in [5.41, 5.74) is 2.48. The van der Waals surface area contributed by atoms with Gasteiger partial charge in [-0.3, -0.25) is 0 Å². The molecule has 0 spiro atoms. The lowest BCUT2D eigenvalue weighted by molar-refractivity contribution is 0.181. The van der Waals surface area contributed by atoms with E-state index in [0.29, 0.717) is 29.0 Å². The number of halogens is 3. The summed E-state index contributed by atoms with van der Waals surface area (Å²) in [5, 5.41) is 9.30. The van der Waals surface area contributed by atoms with E-state index in [4.69, 9.17) is 4.74 Å². The van der Waals surface area contributed by atoms with Crippen LogP contribution in [0.2, 0.25) is 0 Å². The summed E-state index contributed by atoms with van der Waals surface area (Å²) < 4.78 is 49.4. The maximum absolute atomic E-state index is 15.0. The molecule has 0 radical (unpaired) electrons. The number of hydrogen-bond donors (Lipinski definition) is 1. The number of aliphatic hydroxyl groups excluding tert-OH is 1. The van der Waals surface area contributed by atoms with E-state index in [2.05, 4.69) is 0 Å². The Morgan fingerprint density at radius 2 is 1.62 bits per heavy atom. The fourth-order valence-electron chi connectivity index (χ4n) is 4.62. The second kappa shape index (κ2) is 10.9. The zero-order valence-corrected chi connectivity index (χ0v) is 19.2. The molecule has 1 N–H and O–H groups in total. The first kappa shape index (κ1) is 24.1. The molecule has 0 aromatic heterocycles. The van der Waals surface area contributed by atoms with Gasteiger partial charge in [-0.15, -0.1) is 0 Å². The predicted molar refractivity (Wildman–Crippen MR) is 130 cm³/mol. The molecule has 0 saturated heterocycles. The molecule has 4 rings (SSSR count). The average molecular weight is 467 g/mol.